The molecule has 6 heteroatoms. The highest BCUT2D eigenvalue weighted by Crippen LogP contribution is 2.26. The zero-order valence-corrected chi connectivity index (χ0v) is 17.6. The van der Waals surface area contributed by atoms with Crippen molar-refractivity contribution in [2.24, 2.45) is 0 Å². The Morgan fingerprint density at radius 1 is 1.16 bits per heavy atom. The molecule has 0 spiro atoms. The van der Waals surface area contributed by atoms with Crippen LogP contribution in [0.5, 0.6) is 5.75 Å². The van der Waals surface area contributed by atoms with Crippen molar-refractivity contribution in [3.8, 4) is 5.75 Å². The molecular weight excluding hydrogens is 393 g/mol. The van der Waals surface area contributed by atoms with Gasteiger partial charge in [0.25, 0.3) is 5.91 Å². The van der Waals surface area contributed by atoms with Crippen molar-refractivity contribution in [3.63, 3.8) is 0 Å². The van der Waals surface area contributed by atoms with E-state index in [1.54, 1.807) is 6.07 Å². The van der Waals surface area contributed by atoms with Crippen molar-refractivity contribution in [3.05, 3.63) is 89.6 Å². The quantitative estimate of drug-likeness (QED) is 0.427. The molecule has 0 aliphatic rings. The number of hydrogen-bond donors (Lipinski definition) is 1. The van der Waals surface area contributed by atoms with Gasteiger partial charge in [0, 0.05) is 42.3 Å². The molecule has 0 unspecified atom stereocenters. The van der Waals surface area contributed by atoms with Gasteiger partial charge in [0.05, 0.1) is 17.7 Å². The minimum atomic E-state index is -0.614. The van der Waals surface area contributed by atoms with Gasteiger partial charge in [-0.15, -0.1) is 0 Å². The minimum Gasteiger partial charge on any atom is -0.494 e. The second kappa shape index (κ2) is 9.00. The van der Waals surface area contributed by atoms with Crippen LogP contribution in [0.3, 0.4) is 0 Å². The molecule has 5 nitrogen and oxygen atoms in total. The molecule has 0 fully saturated rings. The molecule has 0 atom stereocenters. The number of hydrogen-bond acceptors (Lipinski definition) is 3. The molecule has 0 radical (unpaired) electrons. The Labute approximate surface area is 180 Å². The van der Waals surface area contributed by atoms with Crippen LogP contribution in [0, 0.1) is 12.7 Å². The number of fused-ring (bicyclic) bond motifs is 1. The van der Waals surface area contributed by atoms with Gasteiger partial charge in [0.1, 0.15) is 11.6 Å². The van der Waals surface area contributed by atoms with Gasteiger partial charge in [-0.1, -0.05) is 13.0 Å². The average Bonchev–Trinajstić information content (AvgIpc) is 3.27. The number of benzene rings is 2. The van der Waals surface area contributed by atoms with Crippen LogP contribution in [0.2, 0.25) is 0 Å². The van der Waals surface area contributed by atoms with E-state index >= 15 is 0 Å². The fourth-order valence-corrected chi connectivity index (χ4v) is 3.48. The Morgan fingerprint density at radius 3 is 2.71 bits per heavy atom. The predicted molar refractivity (Wildman–Crippen MR) is 120 cm³/mol. The maximum Gasteiger partial charge on any atom is 0.258 e. The molecule has 4 aromatic rings. The van der Waals surface area contributed by atoms with Crippen LogP contribution in [0.15, 0.2) is 67.1 Å². The number of anilines is 1. The summed E-state index contributed by atoms with van der Waals surface area (Å²) in [6.07, 6.45) is 6.69. The largest absolute Gasteiger partial charge is 0.494 e. The molecule has 1 N–H and O–H groups in total. The number of ether oxygens (including phenoxy) is 1. The second-order valence-corrected chi connectivity index (χ2v) is 7.45. The molecule has 31 heavy (non-hydrogen) atoms. The summed E-state index contributed by atoms with van der Waals surface area (Å²) in [5, 5.41) is 3.80. The summed E-state index contributed by atoms with van der Waals surface area (Å²) >= 11 is 0. The Bertz CT molecular complexity index is 1220. The van der Waals surface area contributed by atoms with Crippen LogP contribution in [0.4, 0.5) is 10.1 Å². The van der Waals surface area contributed by atoms with E-state index in [0.717, 1.165) is 35.0 Å². The van der Waals surface area contributed by atoms with E-state index in [4.69, 9.17) is 4.74 Å². The van der Waals surface area contributed by atoms with Crippen molar-refractivity contribution < 1.29 is 13.9 Å². The van der Waals surface area contributed by atoms with Crippen LogP contribution < -0.4 is 10.1 Å². The third kappa shape index (κ3) is 4.58. The van der Waals surface area contributed by atoms with E-state index < -0.39 is 11.7 Å². The Balaban J connectivity index is 1.54. The number of aryl methyl sites for hydroxylation is 1. The number of rotatable bonds is 7. The first-order valence-electron chi connectivity index (χ1n) is 10.3. The fraction of sp³-hybridized carbons (Fsp3) is 0.200. The number of halogens is 1. The molecular formula is C25H24FN3O2. The van der Waals surface area contributed by atoms with Crippen LogP contribution in [0.1, 0.15) is 34.8 Å². The lowest BCUT2D eigenvalue weighted by atomic mass is 10.1. The van der Waals surface area contributed by atoms with Crippen molar-refractivity contribution in [2.75, 3.05) is 11.9 Å². The van der Waals surface area contributed by atoms with Gasteiger partial charge in [-0.05, 0) is 60.9 Å². The molecule has 0 saturated heterocycles. The van der Waals surface area contributed by atoms with Crippen LogP contribution in [-0.2, 0) is 6.54 Å². The Hall–Kier alpha value is -3.67. The molecule has 0 aliphatic heterocycles. The molecule has 2 heterocycles. The number of carbonyl (C=O) groups excluding carboxylic acids is 1. The smallest absolute Gasteiger partial charge is 0.258 e. The zero-order chi connectivity index (χ0) is 21.8. The highest BCUT2D eigenvalue weighted by atomic mass is 19.1. The third-order valence-electron chi connectivity index (χ3n) is 5.10. The number of amides is 1. The first-order chi connectivity index (χ1) is 15.0. The topological polar surface area (TPSA) is 56.1 Å². The summed E-state index contributed by atoms with van der Waals surface area (Å²) in [7, 11) is 0. The van der Waals surface area contributed by atoms with Gasteiger partial charge in [0.2, 0.25) is 0 Å². The molecule has 1 amide bonds. The monoisotopic (exact) mass is 417 g/mol. The predicted octanol–water partition coefficient (Wildman–Crippen LogP) is 5.57. The number of carbonyl (C=O) groups is 1. The lowest BCUT2D eigenvalue weighted by Crippen LogP contribution is -2.15. The van der Waals surface area contributed by atoms with E-state index in [-0.39, 0.29) is 5.56 Å². The lowest BCUT2D eigenvalue weighted by molar-refractivity contribution is 0.102. The lowest BCUT2D eigenvalue weighted by Gasteiger charge is -2.13. The molecule has 0 saturated carbocycles. The van der Waals surface area contributed by atoms with Gasteiger partial charge in [-0.25, -0.2) is 4.39 Å². The van der Waals surface area contributed by atoms with Crippen molar-refractivity contribution in [1.29, 1.82) is 0 Å². The number of nitrogens with one attached hydrogen (secondary N) is 1. The Morgan fingerprint density at radius 2 is 1.97 bits per heavy atom. The Kier molecular flexibility index (Phi) is 5.98. The minimum absolute atomic E-state index is 0.0293. The summed E-state index contributed by atoms with van der Waals surface area (Å²) in [5.41, 5.74) is 3.30. The van der Waals surface area contributed by atoms with Gasteiger partial charge < -0.3 is 14.6 Å². The van der Waals surface area contributed by atoms with Crippen LogP contribution in [-0.4, -0.2) is 22.1 Å². The third-order valence-corrected chi connectivity index (χ3v) is 5.10. The maximum atomic E-state index is 14.4. The van der Waals surface area contributed by atoms with Crippen molar-refractivity contribution in [1.82, 2.24) is 9.55 Å². The highest BCUT2D eigenvalue weighted by Gasteiger charge is 2.15. The molecule has 4 rings (SSSR count). The molecule has 0 aliphatic carbocycles. The van der Waals surface area contributed by atoms with Crippen molar-refractivity contribution >= 4 is 22.5 Å². The second-order valence-electron chi connectivity index (χ2n) is 7.45. The van der Waals surface area contributed by atoms with E-state index in [1.165, 1.54) is 12.1 Å². The SMILES string of the molecule is CCCOc1ccc(C(=O)Nc2ccc3cc(Cn4cccc4)cnc3c2C)c(F)c1. The average molecular weight is 417 g/mol. The summed E-state index contributed by atoms with van der Waals surface area (Å²) in [5.74, 6) is -0.707. The van der Waals surface area contributed by atoms with E-state index in [9.17, 15) is 9.18 Å². The van der Waals surface area contributed by atoms with E-state index in [1.807, 2.05) is 56.7 Å². The maximum absolute atomic E-state index is 14.4. The molecule has 0 bridgehead atoms. The standard InChI is InChI=1S/C25H24FN3O2/c1-3-12-31-20-7-8-21(22(26)14-20)25(30)28-23-9-6-19-13-18(15-27-24(19)17(23)2)16-29-10-4-5-11-29/h4-11,13-15H,3,12,16H2,1-2H3,(H,28,30). The van der Waals surface area contributed by atoms with Gasteiger partial charge in [0.15, 0.2) is 0 Å². The van der Waals surface area contributed by atoms with E-state index in [0.29, 0.717) is 18.0 Å². The van der Waals surface area contributed by atoms with E-state index in [2.05, 4.69) is 20.9 Å². The number of pyridine rings is 1. The first kappa shape index (κ1) is 20.6. The summed E-state index contributed by atoms with van der Waals surface area (Å²) < 4.78 is 21.9. The summed E-state index contributed by atoms with van der Waals surface area (Å²) in [6, 6.07) is 14.1. The van der Waals surface area contributed by atoms with Crippen molar-refractivity contribution in [2.45, 2.75) is 26.8 Å². The van der Waals surface area contributed by atoms with Gasteiger partial charge in [-0.3, -0.25) is 9.78 Å². The summed E-state index contributed by atoms with van der Waals surface area (Å²) in [6.45, 7) is 5.11. The zero-order valence-electron chi connectivity index (χ0n) is 17.6. The number of aromatic nitrogens is 2. The summed E-state index contributed by atoms with van der Waals surface area (Å²) in [4.78, 5) is 17.3. The molecule has 158 valence electrons. The van der Waals surface area contributed by atoms with Crippen LogP contribution in [0.25, 0.3) is 10.9 Å². The van der Waals surface area contributed by atoms with Gasteiger partial charge in [-0.2, -0.15) is 0 Å². The molecule has 2 aromatic carbocycles. The van der Waals surface area contributed by atoms with Gasteiger partial charge >= 0.3 is 0 Å². The normalized spacial score (nSPS) is 10.9. The highest BCUT2D eigenvalue weighted by molar-refractivity contribution is 6.06. The first-order valence-corrected chi connectivity index (χ1v) is 10.3. The van der Waals surface area contributed by atoms with Crippen LogP contribution >= 0.6 is 0 Å². The fourth-order valence-electron chi connectivity index (χ4n) is 3.48. The molecule has 2 aromatic heterocycles. The number of nitrogens with zero attached hydrogens (tertiary/aromatic N) is 2.